The van der Waals surface area contributed by atoms with Gasteiger partial charge in [0.15, 0.2) is 0 Å². The number of hydrogen-bond acceptors (Lipinski definition) is 4. The molecule has 0 radical (unpaired) electrons. The van der Waals surface area contributed by atoms with Crippen molar-refractivity contribution in [2.24, 2.45) is 34.0 Å². The Morgan fingerprint density at radius 2 is 1.85 bits per heavy atom. The van der Waals surface area contributed by atoms with Crippen molar-refractivity contribution in [2.75, 3.05) is 0 Å². The first kappa shape index (κ1) is 18.1. The first-order chi connectivity index (χ1) is 12.1. The van der Waals surface area contributed by atoms with Crippen molar-refractivity contribution in [3.63, 3.8) is 0 Å². The van der Waals surface area contributed by atoms with Crippen LogP contribution < -0.4 is 5.11 Å². The van der Waals surface area contributed by atoms with E-state index in [9.17, 15) is 14.7 Å². The van der Waals surface area contributed by atoms with Crippen molar-refractivity contribution in [1.29, 1.82) is 0 Å². The van der Waals surface area contributed by atoms with Gasteiger partial charge in [-0.25, -0.2) is 0 Å². The summed E-state index contributed by atoms with van der Waals surface area (Å²) >= 11 is 0. The Morgan fingerprint density at radius 3 is 2.50 bits per heavy atom. The molecule has 4 aliphatic carbocycles. The largest absolute Gasteiger partial charge is 0.550 e. The van der Waals surface area contributed by atoms with Crippen molar-refractivity contribution in [3.05, 3.63) is 12.2 Å². The summed E-state index contributed by atoms with van der Waals surface area (Å²) in [6.45, 7) is 10.0. The standard InChI is InChI=1S/C22H32O4/c1-13-15-6-7-17-20(3)9-5-10-21(4,19(24)25)16(20)8-11-22(17,12-15)18(13)26-14(2)23/h15-18H,1,5-12H2,2-4H3,(H,24,25)/p-1/t15-,16+,17+,18-,20+,21-,22+/m1/s1. The van der Waals surface area contributed by atoms with Gasteiger partial charge in [-0.15, -0.1) is 0 Å². The molecular weight excluding hydrogens is 328 g/mol. The smallest absolute Gasteiger partial charge is 0.303 e. The Kier molecular flexibility index (Phi) is 3.88. The van der Waals surface area contributed by atoms with E-state index in [0.29, 0.717) is 11.8 Å². The van der Waals surface area contributed by atoms with Crippen molar-refractivity contribution in [2.45, 2.75) is 78.2 Å². The predicted molar refractivity (Wildman–Crippen MR) is 95.8 cm³/mol. The SMILES string of the molecule is C=C1[C@@H]2CC[C@H]3[C@@]4(C)CCC[C@@](C)(C(=O)[O-])[C@H]4CC[C@@]3(C2)[C@@H]1OC(C)=O. The fourth-order valence-electron chi connectivity index (χ4n) is 7.94. The molecule has 2 bridgehead atoms. The number of esters is 1. The summed E-state index contributed by atoms with van der Waals surface area (Å²) in [4.78, 5) is 23.9. The van der Waals surface area contributed by atoms with Crippen molar-refractivity contribution < 1.29 is 19.4 Å². The van der Waals surface area contributed by atoms with Gasteiger partial charge in [0.2, 0.25) is 0 Å². The molecule has 0 aromatic rings. The van der Waals surface area contributed by atoms with E-state index in [0.717, 1.165) is 56.9 Å². The summed E-state index contributed by atoms with van der Waals surface area (Å²) in [5, 5.41) is 12.1. The van der Waals surface area contributed by atoms with Crippen LogP contribution in [0.25, 0.3) is 0 Å². The van der Waals surface area contributed by atoms with Crippen LogP contribution in [0.5, 0.6) is 0 Å². The van der Waals surface area contributed by atoms with Gasteiger partial charge in [0, 0.05) is 23.7 Å². The minimum Gasteiger partial charge on any atom is -0.550 e. The van der Waals surface area contributed by atoms with Gasteiger partial charge in [0.05, 0.1) is 0 Å². The normalized spacial score (nSPS) is 49.9. The van der Waals surface area contributed by atoms with Gasteiger partial charge in [-0.3, -0.25) is 4.79 Å². The van der Waals surface area contributed by atoms with Gasteiger partial charge in [-0.1, -0.05) is 26.8 Å². The monoisotopic (exact) mass is 359 g/mol. The minimum absolute atomic E-state index is 0.0285. The zero-order chi connectivity index (χ0) is 18.9. The molecule has 0 saturated heterocycles. The number of carbonyl (C=O) groups excluding carboxylic acids is 2. The van der Waals surface area contributed by atoms with E-state index in [2.05, 4.69) is 13.5 Å². The van der Waals surface area contributed by atoms with E-state index in [1.165, 1.54) is 6.92 Å². The maximum absolute atomic E-state index is 12.1. The fourth-order valence-corrected chi connectivity index (χ4v) is 7.94. The first-order valence-corrected chi connectivity index (χ1v) is 10.2. The van der Waals surface area contributed by atoms with Crippen molar-refractivity contribution in [3.8, 4) is 0 Å². The van der Waals surface area contributed by atoms with E-state index in [1.807, 2.05) is 6.92 Å². The number of carboxylic acids is 1. The van der Waals surface area contributed by atoms with Crippen LogP contribution in [0, 0.1) is 34.0 Å². The molecule has 0 aliphatic heterocycles. The molecular formula is C22H31O4-. The Hall–Kier alpha value is -1.32. The van der Waals surface area contributed by atoms with E-state index in [1.54, 1.807) is 0 Å². The lowest BCUT2D eigenvalue weighted by atomic mass is 9.40. The Morgan fingerprint density at radius 1 is 1.12 bits per heavy atom. The third kappa shape index (κ3) is 2.13. The maximum Gasteiger partial charge on any atom is 0.303 e. The zero-order valence-electron chi connectivity index (χ0n) is 16.3. The molecule has 144 valence electrons. The molecule has 1 spiro atoms. The molecule has 0 amide bonds. The maximum atomic E-state index is 12.1. The Bertz CT molecular complexity index is 669. The van der Waals surface area contributed by atoms with Crippen LogP contribution in [0.3, 0.4) is 0 Å². The molecule has 4 nitrogen and oxygen atoms in total. The predicted octanol–water partition coefficient (Wildman–Crippen LogP) is 3.25. The van der Waals surface area contributed by atoms with Crippen LogP contribution in [0.1, 0.15) is 72.1 Å². The number of hydrogen-bond donors (Lipinski definition) is 0. The number of ether oxygens (including phenoxy) is 1. The second-order valence-electron chi connectivity index (χ2n) is 9.98. The third-order valence-electron chi connectivity index (χ3n) is 8.93. The van der Waals surface area contributed by atoms with Gasteiger partial charge in [0.1, 0.15) is 6.10 Å². The number of carbonyl (C=O) groups is 2. The molecule has 4 saturated carbocycles. The highest BCUT2D eigenvalue weighted by atomic mass is 16.5. The van der Waals surface area contributed by atoms with E-state index < -0.39 is 11.4 Å². The third-order valence-corrected chi connectivity index (χ3v) is 8.93. The molecule has 0 aromatic heterocycles. The lowest BCUT2D eigenvalue weighted by Gasteiger charge is -2.65. The summed E-state index contributed by atoms with van der Waals surface area (Å²) in [7, 11) is 0. The molecule has 0 unspecified atom stereocenters. The number of aliphatic carboxylic acids is 1. The van der Waals surface area contributed by atoms with Gasteiger partial charge >= 0.3 is 5.97 Å². The summed E-state index contributed by atoms with van der Waals surface area (Å²) < 4.78 is 5.85. The zero-order valence-corrected chi connectivity index (χ0v) is 16.3. The lowest BCUT2D eigenvalue weighted by Crippen LogP contribution is -2.62. The second kappa shape index (κ2) is 5.59. The first-order valence-electron chi connectivity index (χ1n) is 10.2. The van der Waals surface area contributed by atoms with Crippen LogP contribution in [0.15, 0.2) is 12.2 Å². The molecule has 26 heavy (non-hydrogen) atoms. The van der Waals surface area contributed by atoms with Crippen LogP contribution in [0.4, 0.5) is 0 Å². The average molecular weight is 359 g/mol. The number of rotatable bonds is 2. The van der Waals surface area contributed by atoms with Crippen LogP contribution in [-0.4, -0.2) is 18.0 Å². The minimum atomic E-state index is -0.884. The summed E-state index contributed by atoms with van der Waals surface area (Å²) in [5.41, 5.74) is 0.293. The molecule has 7 atom stereocenters. The van der Waals surface area contributed by atoms with Gasteiger partial charge in [0.25, 0.3) is 0 Å². The second-order valence-corrected chi connectivity index (χ2v) is 9.98. The molecule has 0 heterocycles. The van der Waals surface area contributed by atoms with Crippen LogP contribution in [0.2, 0.25) is 0 Å². The molecule has 4 rings (SSSR count). The Labute approximate surface area is 156 Å². The highest BCUT2D eigenvalue weighted by molar-refractivity contribution is 5.73. The average Bonchev–Trinajstić information content (AvgIpc) is 2.75. The molecule has 0 N–H and O–H groups in total. The highest BCUT2D eigenvalue weighted by Gasteiger charge is 2.67. The topological polar surface area (TPSA) is 66.4 Å². The quantitative estimate of drug-likeness (QED) is 0.561. The molecule has 4 aliphatic rings. The molecule has 4 fully saturated rings. The van der Waals surface area contributed by atoms with Crippen LogP contribution >= 0.6 is 0 Å². The number of fused-ring (bicyclic) bond motifs is 3. The highest BCUT2D eigenvalue weighted by Crippen LogP contribution is 2.72. The van der Waals surface area contributed by atoms with Crippen molar-refractivity contribution >= 4 is 11.9 Å². The van der Waals surface area contributed by atoms with E-state index in [-0.39, 0.29) is 28.8 Å². The van der Waals surface area contributed by atoms with Gasteiger partial charge in [-0.05, 0) is 73.7 Å². The van der Waals surface area contributed by atoms with Crippen molar-refractivity contribution in [1.82, 2.24) is 0 Å². The molecule has 0 aromatic carbocycles. The lowest BCUT2D eigenvalue weighted by molar-refractivity contribution is -0.328. The van der Waals surface area contributed by atoms with E-state index in [4.69, 9.17) is 4.74 Å². The fraction of sp³-hybridized carbons (Fsp3) is 0.818. The summed E-state index contributed by atoms with van der Waals surface area (Å²) in [6, 6.07) is 0. The summed E-state index contributed by atoms with van der Waals surface area (Å²) in [5.74, 6) is -0.120. The van der Waals surface area contributed by atoms with Gasteiger partial charge in [-0.2, -0.15) is 0 Å². The number of carboxylic acid groups (broad SMARTS) is 1. The Balaban J connectivity index is 1.77. The molecule has 4 heteroatoms. The van der Waals surface area contributed by atoms with E-state index >= 15 is 0 Å². The van der Waals surface area contributed by atoms with Gasteiger partial charge < -0.3 is 14.6 Å². The summed E-state index contributed by atoms with van der Waals surface area (Å²) in [6.07, 6.45) is 7.60. The van der Waals surface area contributed by atoms with Crippen LogP contribution in [-0.2, 0) is 14.3 Å².